The third kappa shape index (κ3) is 5.02. The third-order valence-electron chi connectivity index (χ3n) is 6.48. The fraction of sp³-hybridized carbons (Fsp3) is 0.440. The van der Waals surface area contributed by atoms with Crippen molar-refractivity contribution in [2.45, 2.75) is 45.7 Å². The molecule has 176 valence electrons. The minimum atomic E-state index is -0.756. The first-order valence-electron chi connectivity index (χ1n) is 11.3. The third-order valence-corrected chi connectivity index (χ3v) is 6.48. The summed E-state index contributed by atoms with van der Waals surface area (Å²) in [6.07, 6.45) is 4.57. The molecule has 3 aromatic rings. The molecule has 3 heterocycles. The van der Waals surface area contributed by atoms with Crippen LogP contribution in [0.1, 0.15) is 31.4 Å². The van der Waals surface area contributed by atoms with E-state index in [2.05, 4.69) is 41.1 Å². The summed E-state index contributed by atoms with van der Waals surface area (Å²) in [5, 5.41) is 3.93. The zero-order chi connectivity index (χ0) is 23.8. The van der Waals surface area contributed by atoms with Gasteiger partial charge >= 0.3 is 0 Å². The lowest BCUT2D eigenvalue weighted by Crippen LogP contribution is -2.57. The van der Waals surface area contributed by atoms with E-state index < -0.39 is 11.9 Å². The first-order chi connectivity index (χ1) is 15.6. The van der Waals surface area contributed by atoms with Gasteiger partial charge in [0.15, 0.2) is 11.6 Å². The lowest BCUT2D eigenvalue weighted by atomic mass is 9.79. The summed E-state index contributed by atoms with van der Waals surface area (Å²) in [6, 6.07) is 5.71. The van der Waals surface area contributed by atoms with Gasteiger partial charge in [-0.3, -0.25) is 4.79 Å². The van der Waals surface area contributed by atoms with Crippen LogP contribution in [0.3, 0.4) is 0 Å². The Labute approximate surface area is 193 Å². The second kappa shape index (κ2) is 9.11. The minimum Gasteiger partial charge on any atom is -0.453 e. The number of carbonyl (C=O) groups excluding carboxylic acids is 1. The zero-order valence-corrected chi connectivity index (χ0v) is 19.6. The number of hydrogen-bond acceptors (Lipinski definition) is 5. The van der Waals surface area contributed by atoms with Gasteiger partial charge in [0.1, 0.15) is 11.4 Å². The predicted molar refractivity (Wildman–Crippen MR) is 127 cm³/mol. The van der Waals surface area contributed by atoms with Crippen LogP contribution in [0.15, 0.2) is 36.7 Å². The molecule has 4 N–H and O–H groups in total. The van der Waals surface area contributed by atoms with E-state index in [-0.39, 0.29) is 29.5 Å². The number of nitrogens with two attached hydrogens (primary N) is 1. The summed E-state index contributed by atoms with van der Waals surface area (Å²) >= 11 is 0. The van der Waals surface area contributed by atoms with Crippen LogP contribution < -0.4 is 15.8 Å². The van der Waals surface area contributed by atoms with Gasteiger partial charge in [-0.2, -0.15) is 0 Å². The Hall–Kier alpha value is -2.97. The van der Waals surface area contributed by atoms with Crippen molar-refractivity contribution in [3.05, 3.63) is 53.6 Å². The molecule has 7 nitrogen and oxygen atoms in total. The second-order valence-electron chi connectivity index (χ2n) is 9.76. The normalized spacial score (nSPS) is 19.4. The first-order valence-corrected chi connectivity index (χ1v) is 11.3. The quantitative estimate of drug-likeness (QED) is 0.531. The monoisotopic (exact) mass is 453 g/mol. The molecule has 4 rings (SSSR count). The van der Waals surface area contributed by atoms with Gasteiger partial charge in [-0.1, -0.05) is 19.9 Å². The Morgan fingerprint density at radius 3 is 2.91 bits per heavy atom. The molecule has 33 heavy (non-hydrogen) atoms. The van der Waals surface area contributed by atoms with E-state index in [1.807, 2.05) is 13.1 Å². The van der Waals surface area contributed by atoms with Crippen molar-refractivity contribution in [3.8, 4) is 11.5 Å². The molecule has 2 atom stereocenters. The fourth-order valence-electron chi connectivity index (χ4n) is 4.66. The Bertz CT molecular complexity index is 1160. The summed E-state index contributed by atoms with van der Waals surface area (Å²) in [5.41, 5.74) is 8.43. The predicted octanol–water partition coefficient (Wildman–Crippen LogP) is 3.52. The Morgan fingerprint density at radius 2 is 2.18 bits per heavy atom. The topological polar surface area (TPSA) is 96.3 Å². The van der Waals surface area contributed by atoms with Crippen molar-refractivity contribution in [1.82, 2.24) is 20.2 Å². The molecule has 8 heteroatoms. The van der Waals surface area contributed by atoms with Crippen molar-refractivity contribution in [1.29, 1.82) is 0 Å². The van der Waals surface area contributed by atoms with E-state index in [1.165, 1.54) is 6.07 Å². The average molecular weight is 454 g/mol. The maximum atomic E-state index is 14.8. The van der Waals surface area contributed by atoms with Crippen LogP contribution in [0.5, 0.6) is 11.5 Å². The number of rotatable bonds is 6. The standard InChI is InChI=1S/C25H32FN5O2/c1-15-13-29-23-22(15)20(7-9-28-23)33-19-6-5-16(11-17(19)26)12-18(27)24(32)30-21-8-10-31(4)14-25(21,2)3/h5-7,9,11,13,18,21H,8,10,12,14,27H2,1-4H3,(H,28,29)(H,30,32)/t18-,21?/m0/s1. The minimum absolute atomic E-state index is 0.0380. The molecule has 0 bridgehead atoms. The summed E-state index contributed by atoms with van der Waals surface area (Å²) < 4.78 is 20.7. The van der Waals surface area contributed by atoms with Crippen molar-refractivity contribution in [2.75, 3.05) is 20.1 Å². The van der Waals surface area contributed by atoms with E-state index in [0.717, 1.165) is 30.5 Å². The average Bonchev–Trinajstić information content (AvgIpc) is 3.13. The smallest absolute Gasteiger partial charge is 0.237 e. The number of likely N-dealkylation sites (tertiary alicyclic amines) is 1. The molecule has 0 saturated carbocycles. The number of H-pyrrole nitrogens is 1. The SMILES string of the molecule is Cc1c[nH]c2nccc(Oc3ccc(C[C@H](N)C(=O)NC4CCN(C)CC4(C)C)cc3F)c12. The number of benzene rings is 1. The van der Waals surface area contributed by atoms with Crippen molar-refractivity contribution < 1.29 is 13.9 Å². The van der Waals surface area contributed by atoms with Crippen molar-refractivity contribution in [2.24, 2.45) is 11.1 Å². The highest BCUT2D eigenvalue weighted by Crippen LogP contribution is 2.32. The molecule has 1 fully saturated rings. The number of hydrogen-bond donors (Lipinski definition) is 3. The molecule has 1 saturated heterocycles. The number of ether oxygens (including phenoxy) is 1. The number of aromatic amines is 1. The molecule has 1 amide bonds. The van der Waals surface area contributed by atoms with Crippen LogP contribution >= 0.6 is 0 Å². The maximum Gasteiger partial charge on any atom is 0.237 e. The summed E-state index contributed by atoms with van der Waals surface area (Å²) in [4.78, 5) is 22.3. The van der Waals surface area contributed by atoms with E-state index in [0.29, 0.717) is 17.0 Å². The molecule has 1 aliphatic heterocycles. The number of piperidine rings is 1. The van der Waals surface area contributed by atoms with E-state index in [9.17, 15) is 9.18 Å². The molecule has 0 radical (unpaired) electrons. The number of aromatic nitrogens is 2. The molecular weight excluding hydrogens is 421 g/mol. The van der Waals surface area contributed by atoms with Gasteiger partial charge < -0.3 is 25.7 Å². The van der Waals surface area contributed by atoms with Crippen molar-refractivity contribution >= 4 is 16.9 Å². The number of nitrogens with one attached hydrogen (secondary N) is 2. The van der Waals surface area contributed by atoms with Crippen LogP contribution in [0.2, 0.25) is 0 Å². The molecular formula is C25H32FN5O2. The molecule has 1 unspecified atom stereocenters. The Morgan fingerprint density at radius 1 is 1.39 bits per heavy atom. The molecule has 2 aromatic heterocycles. The van der Waals surface area contributed by atoms with Gasteiger partial charge in [0.05, 0.1) is 11.4 Å². The number of fused-ring (bicyclic) bond motifs is 1. The number of aryl methyl sites for hydroxylation is 1. The number of amides is 1. The fourth-order valence-corrected chi connectivity index (χ4v) is 4.66. The van der Waals surface area contributed by atoms with Gasteiger partial charge in [0, 0.05) is 25.0 Å². The van der Waals surface area contributed by atoms with Crippen LogP contribution in [0, 0.1) is 18.2 Å². The largest absolute Gasteiger partial charge is 0.453 e. The van der Waals surface area contributed by atoms with Gasteiger partial charge in [0.2, 0.25) is 5.91 Å². The zero-order valence-electron chi connectivity index (χ0n) is 19.6. The molecule has 1 aromatic carbocycles. The lowest BCUT2D eigenvalue weighted by molar-refractivity contribution is -0.124. The van der Waals surface area contributed by atoms with Gasteiger partial charge in [-0.15, -0.1) is 0 Å². The summed E-state index contributed by atoms with van der Waals surface area (Å²) in [5.74, 6) is -0.0737. The number of nitrogens with zero attached hydrogens (tertiary/aromatic N) is 2. The van der Waals surface area contributed by atoms with Crippen LogP contribution in [-0.4, -0.2) is 53.0 Å². The van der Waals surface area contributed by atoms with Gasteiger partial charge in [-0.25, -0.2) is 9.37 Å². The number of halogens is 1. The van der Waals surface area contributed by atoms with E-state index >= 15 is 0 Å². The van der Waals surface area contributed by atoms with E-state index in [1.54, 1.807) is 24.4 Å². The lowest BCUT2D eigenvalue weighted by Gasteiger charge is -2.43. The highest BCUT2D eigenvalue weighted by molar-refractivity contribution is 5.86. The van der Waals surface area contributed by atoms with Crippen molar-refractivity contribution in [3.63, 3.8) is 0 Å². The maximum absolute atomic E-state index is 14.8. The van der Waals surface area contributed by atoms with Crippen LogP contribution in [0.25, 0.3) is 11.0 Å². The van der Waals surface area contributed by atoms with Gasteiger partial charge in [-0.05, 0) is 68.1 Å². The number of pyridine rings is 1. The van der Waals surface area contributed by atoms with Gasteiger partial charge in [0.25, 0.3) is 0 Å². The first kappa shape index (κ1) is 23.2. The summed E-state index contributed by atoms with van der Waals surface area (Å²) in [6.45, 7) is 8.08. The Kier molecular flexibility index (Phi) is 6.41. The van der Waals surface area contributed by atoms with Crippen LogP contribution in [0.4, 0.5) is 4.39 Å². The van der Waals surface area contributed by atoms with Crippen LogP contribution in [-0.2, 0) is 11.2 Å². The molecule has 0 aliphatic carbocycles. The van der Waals surface area contributed by atoms with E-state index in [4.69, 9.17) is 10.5 Å². The number of carbonyl (C=O) groups is 1. The molecule has 1 aliphatic rings. The highest BCUT2D eigenvalue weighted by Gasteiger charge is 2.36. The second-order valence-corrected chi connectivity index (χ2v) is 9.76. The Balaban J connectivity index is 1.41. The highest BCUT2D eigenvalue weighted by atomic mass is 19.1. The molecule has 0 spiro atoms. The summed E-state index contributed by atoms with van der Waals surface area (Å²) in [7, 11) is 2.09.